The number of hydrogen-bond acceptors (Lipinski definition) is 4. The van der Waals surface area contributed by atoms with Crippen LogP contribution in [0.3, 0.4) is 0 Å². The average molecular weight is 292 g/mol. The van der Waals surface area contributed by atoms with Gasteiger partial charge in [0.2, 0.25) is 0 Å². The summed E-state index contributed by atoms with van der Waals surface area (Å²) < 4.78 is 0. The van der Waals surface area contributed by atoms with Crippen LogP contribution in [0.5, 0.6) is 0 Å². The topological polar surface area (TPSA) is 16.1 Å². The van der Waals surface area contributed by atoms with Crippen LogP contribution in [0.15, 0.2) is 22.9 Å². The maximum absolute atomic E-state index is 4.76. The largest absolute Gasteiger partial charge is 0.290 e. The van der Waals surface area contributed by atoms with Gasteiger partial charge in [-0.1, -0.05) is 13.0 Å². The zero-order valence-corrected chi connectivity index (χ0v) is 13.0. The first-order valence-corrected chi connectivity index (χ1v) is 8.83. The van der Waals surface area contributed by atoms with Crippen LogP contribution in [0.25, 0.3) is 0 Å². The Morgan fingerprint density at radius 2 is 2.37 bits per heavy atom. The summed E-state index contributed by atoms with van der Waals surface area (Å²) in [6.07, 6.45) is 4.93. The van der Waals surface area contributed by atoms with Gasteiger partial charge in [-0.15, -0.1) is 22.7 Å². The van der Waals surface area contributed by atoms with E-state index in [4.69, 9.17) is 4.98 Å². The molecule has 102 valence electrons. The van der Waals surface area contributed by atoms with Crippen molar-refractivity contribution in [1.82, 2.24) is 9.88 Å². The van der Waals surface area contributed by atoms with Gasteiger partial charge in [-0.2, -0.15) is 0 Å². The fraction of sp³-hybridized carbons (Fsp3) is 0.533. The predicted molar refractivity (Wildman–Crippen MR) is 82.8 cm³/mol. The molecule has 0 aromatic carbocycles. The molecule has 1 saturated heterocycles. The van der Waals surface area contributed by atoms with E-state index in [-0.39, 0.29) is 0 Å². The molecule has 0 amide bonds. The molecule has 2 aromatic rings. The summed E-state index contributed by atoms with van der Waals surface area (Å²) in [6.45, 7) is 4.44. The molecule has 0 bridgehead atoms. The standard InChI is InChI=1S/C15H20N2S2/c1-2-5-15-16-12(11-19-15)10-17-8-3-6-13(17)14-7-4-9-18-14/h4,7,9,11,13H,2-3,5-6,8,10H2,1H3. The number of aryl methyl sites for hydroxylation is 1. The molecular formula is C15H20N2S2. The number of nitrogens with zero attached hydrogens (tertiary/aromatic N) is 2. The maximum Gasteiger partial charge on any atom is 0.0928 e. The first kappa shape index (κ1) is 13.3. The number of likely N-dealkylation sites (tertiary alicyclic amines) is 1. The molecule has 3 heterocycles. The van der Waals surface area contributed by atoms with Gasteiger partial charge in [0, 0.05) is 22.8 Å². The van der Waals surface area contributed by atoms with Crippen LogP contribution in [0, 0.1) is 0 Å². The third-order valence-electron chi connectivity index (χ3n) is 3.66. The van der Waals surface area contributed by atoms with Gasteiger partial charge in [0.15, 0.2) is 0 Å². The molecule has 1 fully saturated rings. The molecule has 0 saturated carbocycles. The Balaban J connectivity index is 1.67. The minimum absolute atomic E-state index is 0.622. The number of hydrogen-bond donors (Lipinski definition) is 0. The van der Waals surface area contributed by atoms with Gasteiger partial charge in [0.05, 0.1) is 10.7 Å². The number of thiazole rings is 1. The molecule has 2 nitrogen and oxygen atoms in total. The molecule has 0 radical (unpaired) electrons. The summed E-state index contributed by atoms with van der Waals surface area (Å²) in [7, 11) is 0. The van der Waals surface area contributed by atoms with Crippen LogP contribution in [-0.4, -0.2) is 16.4 Å². The van der Waals surface area contributed by atoms with Gasteiger partial charge in [0.25, 0.3) is 0 Å². The third kappa shape index (κ3) is 3.07. The lowest BCUT2D eigenvalue weighted by molar-refractivity contribution is 0.249. The van der Waals surface area contributed by atoms with Crippen LogP contribution in [-0.2, 0) is 13.0 Å². The van der Waals surface area contributed by atoms with E-state index in [1.165, 1.54) is 41.4 Å². The highest BCUT2D eigenvalue weighted by Gasteiger charge is 2.27. The van der Waals surface area contributed by atoms with E-state index in [2.05, 4.69) is 34.7 Å². The first-order chi connectivity index (χ1) is 9.36. The molecule has 3 rings (SSSR count). The number of thiophene rings is 1. The van der Waals surface area contributed by atoms with Crippen molar-refractivity contribution in [1.29, 1.82) is 0 Å². The molecule has 4 heteroatoms. The fourth-order valence-corrected chi connectivity index (χ4v) is 4.56. The van der Waals surface area contributed by atoms with E-state index in [0.717, 1.165) is 13.0 Å². The average Bonchev–Trinajstić information content (AvgIpc) is 3.11. The summed E-state index contributed by atoms with van der Waals surface area (Å²) in [5.74, 6) is 0. The van der Waals surface area contributed by atoms with E-state index in [9.17, 15) is 0 Å². The third-order valence-corrected chi connectivity index (χ3v) is 5.59. The predicted octanol–water partition coefficient (Wildman–Crippen LogP) is 4.49. The van der Waals surface area contributed by atoms with Gasteiger partial charge >= 0.3 is 0 Å². The van der Waals surface area contributed by atoms with Crippen molar-refractivity contribution in [3.05, 3.63) is 38.5 Å². The second-order valence-corrected chi connectivity index (χ2v) is 7.05. The van der Waals surface area contributed by atoms with E-state index < -0.39 is 0 Å². The lowest BCUT2D eigenvalue weighted by atomic mass is 10.2. The zero-order chi connectivity index (χ0) is 13.1. The number of aromatic nitrogens is 1. The summed E-state index contributed by atoms with van der Waals surface area (Å²) >= 11 is 3.71. The Labute approximate surface area is 123 Å². The molecule has 0 N–H and O–H groups in total. The van der Waals surface area contributed by atoms with Crippen LogP contribution in [0.1, 0.15) is 47.8 Å². The Hall–Kier alpha value is -0.710. The van der Waals surface area contributed by atoms with E-state index in [1.807, 2.05) is 22.7 Å². The van der Waals surface area contributed by atoms with Gasteiger partial charge in [0.1, 0.15) is 0 Å². The molecule has 1 unspecified atom stereocenters. The Morgan fingerprint density at radius 1 is 1.42 bits per heavy atom. The molecule has 0 aliphatic carbocycles. The summed E-state index contributed by atoms with van der Waals surface area (Å²) in [4.78, 5) is 8.87. The van der Waals surface area contributed by atoms with Crippen LogP contribution in [0.4, 0.5) is 0 Å². The van der Waals surface area contributed by atoms with E-state index >= 15 is 0 Å². The van der Waals surface area contributed by atoms with Crippen molar-refractivity contribution in [2.75, 3.05) is 6.54 Å². The van der Waals surface area contributed by atoms with Crippen LogP contribution >= 0.6 is 22.7 Å². The van der Waals surface area contributed by atoms with Crippen molar-refractivity contribution in [2.45, 2.75) is 45.2 Å². The van der Waals surface area contributed by atoms with Crippen molar-refractivity contribution in [2.24, 2.45) is 0 Å². The Bertz CT molecular complexity index is 504. The number of rotatable bonds is 5. The van der Waals surface area contributed by atoms with Crippen molar-refractivity contribution in [3.63, 3.8) is 0 Å². The molecule has 1 aliphatic rings. The highest BCUT2D eigenvalue weighted by Crippen LogP contribution is 2.35. The van der Waals surface area contributed by atoms with Crippen molar-refractivity contribution < 1.29 is 0 Å². The summed E-state index contributed by atoms with van der Waals surface area (Å²) in [6, 6.07) is 5.06. The van der Waals surface area contributed by atoms with E-state index in [1.54, 1.807) is 0 Å². The summed E-state index contributed by atoms with van der Waals surface area (Å²) in [5.41, 5.74) is 1.26. The van der Waals surface area contributed by atoms with E-state index in [0.29, 0.717) is 6.04 Å². The Kier molecular flexibility index (Phi) is 4.31. The lowest BCUT2D eigenvalue weighted by Crippen LogP contribution is -2.22. The Morgan fingerprint density at radius 3 is 3.16 bits per heavy atom. The molecule has 1 aliphatic heterocycles. The highest BCUT2D eigenvalue weighted by atomic mass is 32.1. The maximum atomic E-state index is 4.76. The lowest BCUT2D eigenvalue weighted by Gasteiger charge is -2.22. The minimum Gasteiger partial charge on any atom is -0.290 e. The highest BCUT2D eigenvalue weighted by molar-refractivity contribution is 7.10. The van der Waals surface area contributed by atoms with Gasteiger partial charge in [-0.25, -0.2) is 4.98 Å². The van der Waals surface area contributed by atoms with Crippen LogP contribution in [0.2, 0.25) is 0 Å². The molecule has 2 aromatic heterocycles. The quantitative estimate of drug-likeness (QED) is 0.807. The van der Waals surface area contributed by atoms with Crippen LogP contribution < -0.4 is 0 Å². The van der Waals surface area contributed by atoms with Crippen molar-refractivity contribution >= 4 is 22.7 Å². The van der Waals surface area contributed by atoms with Gasteiger partial charge < -0.3 is 0 Å². The second kappa shape index (κ2) is 6.16. The van der Waals surface area contributed by atoms with Crippen molar-refractivity contribution in [3.8, 4) is 0 Å². The zero-order valence-electron chi connectivity index (χ0n) is 11.3. The molecule has 19 heavy (non-hydrogen) atoms. The first-order valence-electron chi connectivity index (χ1n) is 7.07. The normalized spacial score (nSPS) is 20.2. The van der Waals surface area contributed by atoms with Gasteiger partial charge in [-0.05, 0) is 43.7 Å². The molecule has 0 spiro atoms. The smallest absolute Gasteiger partial charge is 0.0928 e. The molecule has 1 atom stereocenters. The summed E-state index contributed by atoms with van der Waals surface area (Å²) in [5, 5.41) is 5.73. The second-order valence-electron chi connectivity index (χ2n) is 5.13. The molecular weight excluding hydrogens is 272 g/mol. The SMILES string of the molecule is CCCc1nc(CN2CCCC2c2cccs2)cs1. The monoisotopic (exact) mass is 292 g/mol. The van der Waals surface area contributed by atoms with Gasteiger partial charge in [-0.3, -0.25) is 4.90 Å². The fourth-order valence-electron chi connectivity index (χ4n) is 2.78. The minimum atomic E-state index is 0.622.